The summed E-state index contributed by atoms with van der Waals surface area (Å²) in [7, 11) is 0. The molecule has 1 N–H and O–H groups in total. The highest BCUT2D eigenvalue weighted by Crippen LogP contribution is 2.18. The first-order valence-electron chi connectivity index (χ1n) is 32.2. The monoisotopic (exact) mass is 1010 g/mol. The predicted octanol–water partition coefficient (Wildman–Crippen LogP) is 22.0. The number of aliphatic hydroxyl groups is 1. The number of carbonyl (C=O) groups excluding carboxylic acids is 2. The lowest BCUT2D eigenvalue weighted by Crippen LogP contribution is -2.28. The van der Waals surface area contributed by atoms with Gasteiger partial charge in [-0.25, -0.2) is 0 Å². The van der Waals surface area contributed by atoms with E-state index < -0.39 is 6.10 Å². The third-order valence-corrected chi connectivity index (χ3v) is 14.6. The van der Waals surface area contributed by atoms with Gasteiger partial charge in [0.1, 0.15) is 6.61 Å². The maximum absolute atomic E-state index is 12.3. The van der Waals surface area contributed by atoms with Crippen LogP contribution in [0.15, 0.2) is 48.6 Å². The molecule has 0 saturated carbocycles. The van der Waals surface area contributed by atoms with Gasteiger partial charge in [-0.2, -0.15) is 0 Å². The molecule has 0 aromatic rings. The number of allylic oxidation sites excluding steroid dienone is 8. The third-order valence-electron chi connectivity index (χ3n) is 14.6. The van der Waals surface area contributed by atoms with Gasteiger partial charge in [0, 0.05) is 12.8 Å². The molecule has 1 atom stereocenters. The van der Waals surface area contributed by atoms with E-state index in [0.717, 1.165) is 51.4 Å². The standard InChI is InChI=1S/C67H124O5/c1-3-5-7-9-11-13-15-17-19-21-23-24-25-26-27-28-29-30-31-32-33-34-35-36-37-38-39-40-41-42-44-46-48-50-52-54-56-58-60-62-67(70)72-65(63-68)64-71-66(69)61-59-57-55-53-51-49-47-45-43-22-20-18-16-14-12-10-8-6-4-2/h15,17-18,20-21,23,25-26,65,68H,3-14,16,19,22,24,27-64H2,1-2H3/b17-15-,20-18-,23-21-,26-25-. The predicted molar refractivity (Wildman–Crippen MR) is 316 cm³/mol. The van der Waals surface area contributed by atoms with Gasteiger partial charge in [0.25, 0.3) is 0 Å². The summed E-state index contributed by atoms with van der Waals surface area (Å²) in [6.45, 7) is 4.17. The van der Waals surface area contributed by atoms with Gasteiger partial charge in [-0.1, -0.05) is 306 Å². The van der Waals surface area contributed by atoms with Crippen LogP contribution in [0.25, 0.3) is 0 Å². The molecule has 422 valence electrons. The minimum atomic E-state index is -0.771. The Morgan fingerprint density at radius 3 is 0.847 bits per heavy atom. The minimum Gasteiger partial charge on any atom is -0.462 e. The van der Waals surface area contributed by atoms with Crippen LogP contribution in [0.1, 0.15) is 348 Å². The van der Waals surface area contributed by atoms with Crippen molar-refractivity contribution in [3.63, 3.8) is 0 Å². The fraction of sp³-hybridized carbons (Fsp3) is 0.851. The van der Waals surface area contributed by atoms with Crippen LogP contribution in [0, 0.1) is 0 Å². The van der Waals surface area contributed by atoms with Crippen LogP contribution in [-0.2, 0) is 19.1 Å². The lowest BCUT2D eigenvalue weighted by Gasteiger charge is -2.15. The van der Waals surface area contributed by atoms with E-state index in [1.807, 2.05) is 0 Å². The first-order valence-corrected chi connectivity index (χ1v) is 32.2. The van der Waals surface area contributed by atoms with E-state index in [2.05, 4.69) is 62.5 Å². The molecule has 0 spiro atoms. The summed E-state index contributed by atoms with van der Waals surface area (Å²) in [6, 6.07) is 0. The zero-order valence-electron chi connectivity index (χ0n) is 48.5. The number of hydrogen-bond donors (Lipinski definition) is 1. The Balaban J connectivity index is 3.39. The molecule has 72 heavy (non-hydrogen) atoms. The lowest BCUT2D eigenvalue weighted by atomic mass is 10.0. The second-order valence-corrected chi connectivity index (χ2v) is 21.8. The number of carbonyl (C=O) groups is 2. The van der Waals surface area contributed by atoms with Gasteiger partial charge < -0.3 is 14.6 Å². The summed E-state index contributed by atoms with van der Waals surface area (Å²) in [5.41, 5.74) is 0. The second kappa shape index (κ2) is 63.2. The lowest BCUT2D eigenvalue weighted by molar-refractivity contribution is -0.161. The number of hydrogen-bond acceptors (Lipinski definition) is 5. The molecule has 0 aromatic heterocycles. The maximum Gasteiger partial charge on any atom is 0.306 e. The summed E-state index contributed by atoms with van der Waals surface area (Å²) in [6.07, 6.45) is 84.1. The first kappa shape index (κ1) is 69.9. The maximum atomic E-state index is 12.3. The van der Waals surface area contributed by atoms with Crippen LogP contribution in [0.2, 0.25) is 0 Å². The zero-order valence-corrected chi connectivity index (χ0v) is 48.5. The molecule has 0 fully saturated rings. The largest absolute Gasteiger partial charge is 0.462 e. The Morgan fingerprint density at radius 1 is 0.319 bits per heavy atom. The topological polar surface area (TPSA) is 72.8 Å². The van der Waals surface area contributed by atoms with Crippen molar-refractivity contribution < 1.29 is 24.2 Å². The average Bonchev–Trinajstić information content (AvgIpc) is 3.38. The summed E-state index contributed by atoms with van der Waals surface area (Å²) >= 11 is 0. The first-order chi connectivity index (χ1) is 35.6. The van der Waals surface area contributed by atoms with E-state index >= 15 is 0 Å². The molecule has 0 saturated heterocycles. The molecule has 0 bridgehead atoms. The summed E-state index contributed by atoms with van der Waals surface area (Å²) in [5.74, 6) is -0.575. The van der Waals surface area contributed by atoms with Gasteiger partial charge in [-0.3, -0.25) is 9.59 Å². The molecule has 0 aliphatic carbocycles. The summed E-state index contributed by atoms with van der Waals surface area (Å²) < 4.78 is 10.7. The van der Waals surface area contributed by atoms with Crippen LogP contribution in [0.3, 0.4) is 0 Å². The molecule has 5 heteroatoms. The molecule has 0 aliphatic rings. The van der Waals surface area contributed by atoms with Crippen molar-refractivity contribution in [1.29, 1.82) is 0 Å². The van der Waals surface area contributed by atoms with Crippen molar-refractivity contribution in [2.24, 2.45) is 0 Å². The molecule has 0 aromatic carbocycles. The summed E-state index contributed by atoms with van der Waals surface area (Å²) in [4.78, 5) is 24.5. The van der Waals surface area contributed by atoms with Gasteiger partial charge in [0.05, 0.1) is 6.61 Å². The van der Waals surface area contributed by atoms with E-state index in [0.29, 0.717) is 12.8 Å². The number of aliphatic hydroxyl groups excluding tert-OH is 1. The fourth-order valence-corrected chi connectivity index (χ4v) is 9.74. The van der Waals surface area contributed by atoms with Crippen molar-refractivity contribution >= 4 is 11.9 Å². The SMILES string of the molecule is CCCCCCC/C=C\C/C=C\C/C=C\CCCCCCCCCCCCCCCCCCCCCCCCCCC(=O)OC(CO)COC(=O)CCCCCCCCCCC/C=C\CCCCCCCC. The number of ether oxygens (including phenoxy) is 2. The van der Waals surface area contributed by atoms with E-state index in [-0.39, 0.29) is 25.2 Å². The Kier molecular flexibility index (Phi) is 61.3. The van der Waals surface area contributed by atoms with Crippen LogP contribution in [-0.4, -0.2) is 36.4 Å². The third kappa shape index (κ3) is 60.4. The van der Waals surface area contributed by atoms with E-state index in [4.69, 9.17) is 9.47 Å². The highest BCUT2D eigenvalue weighted by atomic mass is 16.6. The quantitative estimate of drug-likeness (QED) is 0.0373. The second-order valence-electron chi connectivity index (χ2n) is 21.8. The van der Waals surface area contributed by atoms with Crippen LogP contribution < -0.4 is 0 Å². The van der Waals surface area contributed by atoms with E-state index in [1.165, 1.54) is 270 Å². The van der Waals surface area contributed by atoms with Crippen molar-refractivity contribution in [3.8, 4) is 0 Å². The van der Waals surface area contributed by atoms with E-state index in [1.54, 1.807) is 0 Å². The van der Waals surface area contributed by atoms with Crippen LogP contribution >= 0.6 is 0 Å². The molecular formula is C67H124O5. The number of rotatable bonds is 60. The Labute approximate surface area is 449 Å². The molecule has 0 radical (unpaired) electrons. The van der Waals surface area contributed by atoms with Crippen LogP contribution in [0.4, 0.5) is 0 Å². The van der Waals surface area contributed by atoms with Gasteiger partial charge in [-0.05, 0) is 77.0 Å². The van der Waals surface area contributed by atoms with Crippen molar-refractivity contribution in [2.45, 2.75) is 354 Å². The highest BCUT2D eigenvalue weighted by molar-refractivity contribution is 5.70. The Hall–Kier alpha value is -2.14. The smallest absolute Gasteiger partial charge is 0.306 e. The van der Waals surface area contributed by atoms with Crippen molar-refractivity contribution in [1.82, 2.24) is 0 Å². The van der Waals surface area contributed by atoms with Gasteiger partial charge in [-0.15, -0.1) is 0 Å². The highest BCUT2D eigenvalue weighted by Gasteiger charge is 2.16. The molecule has 0 aliphatic heterocycles. The average molecular weight is 1010 g/mol. The summed E-state index contributed by atoms with van der Waals surface area (Å²) in [5, 5.41) is 9.67. The van der Waals surface area contributed by atoms with Gasteiger partial charge in [0.15, 0.2) is 6.10 Å². The fourth-order valence-electron chi connectivity index (χ4n) is 9.74. The van der Waals surface area contributed by atoms with Crippen molar-refractivity contribution in [2.75, 3.05) is 13.2 Å². The molecule has 0 heterocycles. The number of unbranched alkanes of at least 4 members (excludes halogenated alkanes) is 44. The molecular weight excluding hydrogens is 885 g/mol. The van der Waals surface area contributed by atoms with E-state index in [9.17, 15) is 14.7 Å². The van der Waals surface area contributed by atoms with Gasteiger partial charge >= 0.3 is 11.9 Å². The van der Waals surface area contributed by atoms with Gasteiger partial charge in [0.2, 0.25) is 0 Å². The Morgan fingerprint density at radius 2 is 0.556 bits per heavy atom. The zero-order chi connectivity index (χ0) is 52.0. The molecule has 1 unspecified atom stereocenters. The molecule has 0 rings (SSSR count). The Bertz CT molecular complexity index is 1190. The molecule has 5 nitrogen and oxygen atoms in total. The normalized spacial score (nSPS) is 12.4. The number of esters is 2. The minimum absolute atomic E-state index is 0.0623. The van der Waals surface area contributed by atoms with Crippen molar-refractivity contribution in [3.05, 3.63) is 48.6 Å². The molecule has 0 amide bonds. The van der Waals surface area contributed by atoms with Crippen LogP contribution in [0.5, 0.6) is 0 Å².